The van der Waals surface area contributed by atoms with Gasteiger partial charge in [0.25, 0.3) is 0 Å². The average Bonchev–Trinajstić information content (AvgIpc) is 2.46. The Morgan fingerprint density at radius 3 is 2.95 bits per heavy atom. The Kier molecular flexibility index (Phi) is 5.33. The van der Waals surface area contributed by atoms with Crippen LogP contribution in [0.1, 0.15) is 28.8 Å². The van der Waals surface area contributed by atoms with Gasteiger partial charge in [-0.3, -0.25) is 0 Å². The fourth-order valence-corrected chi connectivity index (χ4v) is 3.78. The molecule has 0 radical (unpaired) electrons. The van der Waals surface area contributed by atoms with Crippen molar-refractivity contribution in [2.45, 2.75) is 24.6 Å². The van der Waals surface area contributed by atoms with E-state index in [0.717, 1.165) is 19.4 Å². The number of methoxy groups -OCH3 is 1. The van der Waals surface area contributed by atoms with Gasteiger partial charge in [0.1, 0.15) is 0 Å². The highest BCUT2D eigenvalue weighted by Crippen LogP contribution is 2.11. The number of esters is 1. The second-order valence-electron chi connectivity index (χ2n) is 5.11. The minimum absolute atomic E-state index is 0.0625. The van der Waals surface area contributed by atoms with Crippen LogP contribution in [0.3, 0.4) is 0 Å². The van der Waals surface area contributed by atoms with Crippen molar-refractivity contribution in [1.82, 2.24) is 10.0 Å². The fourth-order valence-electron chi connectivity index (χ4n) is 2.37. The third-order valence-electron chi connectivity index (χ3n) is 3.35. The molecule has 6 nitrogen and oxygen atoms in total. The third-order valence-corrected chi connectivity index (χ3v) is 4.75. The van der Waals surface area contributed by atoms with Crippen molar-refractivity contribution in [2.75, 3.05) is 20.2 Å². The van der Waals surface area contributed by atoms with Gasteiger partial charge >= 0.3 is 5.97 Å². The van der Waals surface area contributed by atoms with Gasteiger partial charge in [0.05, 0.1) is 18.4 Å². The van der Waals surface area contributed by atoms with E-state index in [-0.39, 0.29) is 11.8 Å². The summed E-state index contributed by atoms with van der Waals surface area (Å²) < 4.78 is 31.7. The molecule has 2 rings (SSSR count). The molecule has 1 saturated heterocycles. The number of nitrogens with one attached hydrogen (secondary N) is 2. The molecule has 1 aliphatic rings. The Morgan fingerprint density at radius 1 is 1.48 bits per heavy atom. The first-order valence-electron chi connectivity index (χ1n) is 6.88. The summed E-state index contributed by atoms with van der Waals surface area (Å²) in [6.45, 7) is 1.58. The maximum absolute atomic E-state index is 12.2. The molecule has 116 valence electrons. The lowest BCUT2D eigenvalue weighted by Crippen LogP contribution is -2.45. The Balaban J connectivity index is 2.03. The van der Waals surface area contributed by atoms with Crippen LogP contribution in [0.5, 0.6) is 0 Å². The summed E-state index contributed by atoms with van der Waals surface area (Å²) in [6, 6.07) is 6.42. The fraction of sp³-hybridized carbons (Fsp3) is 0.500. The van der Waals surface area contributed by atoms with Crippen LogP contribution in [0.2, 0.25) is 0 Å². The first kappa shape index (κ1) is 15.9. The lowest BCUT2D eigenvalue weighted by atomic mass is 10.1. The molecule has 1 aromatic carbocycles. The zero-order valence-electron chi connectivity index (χ0n) is 12.0. The predicted octanol–water partition coefficient (Wildman–Crippen LogP) is 0.645. The maximum atomic E-state index is 12.2. The number of ether oxygens (including phenoxy) is 1. The molecule has 1 heterocycles. The number of hydrogen-bond donors (Lipinski definition) is 2. The minimum Gasteiger partial charge on any atom is -0.465 e. The van der Waals surface area contributed by atoms with Crippen LogP contribution in [0.4, 0.5) is 0 Å². The lowest BCUT2D eigenvalue weighted by molar-refractivity contribution is 0.0600. The van der Waals surface area contributed by atoms with E-state index in [2.05, 4.69) is 14.8 Å². The minimum atomic E-state index is -3.43. The summed E-state index contributed by atoms with van der Waals surface area (Å²) in [5, 5.41) is 3.16. The van der Waals surface area contributed by atoms with E-state index >= 15 is 0 Å². The lowest BCUT2D eigenvalue weighted by Gasteiger charge is -2.23. The number of carbonyl (C=O) groups excluding carboxylic acids is 1. The molecule has 0 aliphatic carbocycles. The molecule has 2 N–H and O–H groups in total. The zero-order valence-corrected chi connectivity index (χ0v) is 12.8. The summed E-state index contributed by atoms with van der Waals surface area (Å²) in [5.74, 6) is -0.618. The maximum Gasteiger partial charge on any atom is 0.337 e. The number of carbonyl (C=O) groups is 1. The van der Waals surface area contributed by atoms with Crippen molar-refractivity contribution in [3.63, 3.8) is 0 Å². The summed E-state index contributed by atoms with van der Waals surface area (Å²) in [4.78, 5) is 11.5. The molecular weight excluding hydrogens is 292 g/mol. The van der Waals surface area contributed by atoms with Crippen molar-refractivity contribution < 1.29 is 17.9 Å². The summed E-state index contributed by atoms with van der Waals surface area (Å²) in [5.41, 5.74) is 0.915. The van der Waals surface area contributed by atoms with Gasteiger partial charge in [0.15, 0.2) is 0 Å². The van der Waals surface area contributed by atoms with E-state index in [1.54, 1.807) is 24.3 Å². The van der Waals surface area contributed by atoms with Crippen molar-refractivity contribution in [2.24, 2.45) is 0 Å². The van der Waals surface area contributed by atoms with Crippen molar-refractivity contribution in [1.29, 1.82) is 0 Å². The largest absolute Gasteiger partial charge is 0.465 e. The number of hydrogen-bond acceptors (Lipinski definition) is 5. The van der Waals surface area contributed by atoms with Crippen LogP contribution in [0, 0.1) is 0 Å². The smallest absolute Gasteiger partial charge is 0.337 e. The van der Waals surface area contributed by atoms with Gasteiger partial charge in [0.2, 0.25) is 10.0 Å². The molecule has 0 amide bonds. The van der Waals surface area contributed by atoms with Crippen LogP contribution in [0.25, 0.3) is 0 Å². The number of rotatable bonds is 5. The second-order valence-corrected chi connectivity index (χ2v) is 6.87. The standard InChI is InChI=1S/C14H20N2O4S/c1-20-14(17)12-5-2-4-11(8-12)10-21(18,19)16-13-6-3-7-15-9-13/h2,4-5,8,13,15-16H,3,6-7,9-10H2,1H3/t13-/m0/s1. The molecule has 0 spiro atoms. The molecule has 0 unspecified atom stereocenters. The summed E-state index contributed by atoms with van der Waals surface area (Å²) in [7, 11) is -2.13. The summed E-state index contributed by atoms with van der Waals surface area (Å²) in [6.07, 6.45) is 1.81. The SMILES string of the molecule is COC(=O)c1cccc(CS(=O)(=O)N[C@H]2CCCNC2)c1. The number of piperidine rings is 1. The normalized spacial score (nSPS) is 19.2. The molecule has 1 fully saturated rings. The number of sulfonamides is 1. The first-order valence-corrected chi connectivity index (χ1v) is 8.53. The van der Waals surface area contributed by atoms with Gasteiger partial charge in [-0.25, -0.2) is 17.9 Å². The first-order chi connectivity index (χ1) is 10.00. The highest BCUT2D eigenvalue weighted by atomic mass is 32.2. The Morgan fingerprint density at radius 2 is 2.29 bits per heavy atom. The Labute approximate surface area is 124 Å². The Hall–Kier alpha value is -1.44. The second kappa shape index (κ2) is 7.02. The molecule has 0 saturated carbocycles. The van der Waals surface area contributed by atoms with Gasteiger partial charge < -0.3 is 10.1 Å². The molecular formula is C14H20N2O4S. The average molecular weight is 312 g/mol. The highest BCUT2D eigenvalue weighted by molar-refractivity contribution is 7.88. The van der Waals surface area contributed by atoms with Gasteiger partial charge in [-0.15, -0.1) is 0 Å². The zero-order chi connectivity index (χ0) is 15.3. The van der Waals surface area contributed by atoms with E-state index in [0.29, 0.717) is 17.7 Å². The van der Waals surface area contributed by atoms with Crippen LogP contribution in [-0.4, -0.2) is 40.6 Å². The van der Waals surface area contributed by atoms with Crippen molar-refractivity contribution in [3.8, 4) is 0 Å². The van der Waals surface area contributed by atoms with Gasteiger partial charge in [0, 0.05) is 12.6 Å². The molecule has 0 aromatic heterocycles. The molecule has 7 heteroatoms. The quantitative estimate of drug-likeness (QED) is 0.780. The molecule has 1 atom stereocenters. The monoisotopic (exact) mass is 312 g/mol. The van der Waals surface area contributed by atoms with Crippen molar-refractivity contribution in [3.05, 3.63) is 35.4 Å². The van der Waals surface area contributed by atoms with Crippen LogP contribution >= 0.6 is 0 Å². The molecule has 0 bridgehead atoms. The van der Waals surface area contributed by atoms with Crippen LogP contribution in [-0.2, 0) is 20.5 Å². The van der Waals surface area contributed by atoms with E-state index in [4.69, 9.17) is 0 Å². The topological polar surface area (TPSA) is 84.5 Å². The van der Waals surface area contributed by atoms with Gasteiger partial charge in [-0.2, -0.15) is 0 Å². The van der Waals surface area contributed by atoms with Crippen LogP contribution in [0.15, 0.2) is 24.3 Å². The van der Waals surface area contributed by atoms with Gasteiger partial charge in [-0.1, -0.05) is 12.1 Å². The van der Waals surface area contributed by atoms with E-state index < -0.39 is 16.0 Å². The third kappa shape index (κ3) is 4.80. The molecule has 1 aromatic rings. The van der Waals surface area contributed by atoms with E-state index in [9.17, 15) is 13.2 Å². The van der Waals surface area contributed by atoms with E-state index in [1.165, 1.54) is 7.11 Å². The highest BCUT2D eigenvalue weighted by Gasteiger charge is 2.20. The van der Waals surface area contributed by atoms with E-state index in [1.807, 2.05) is 0 Å². The van der Waals surface area contributed by atoms with Crippen LogP contribution < -0.4 is 10.0 Å². The summed E-state index contributed by atoms with van der Waals surface area (Å²) >= 11 is 0. The molecule has 1 aliphatic heterocycles. The Bertz CT molecular complexity index is 595. The number of benzene rings is 1. The van der Waals surface area contributed by atoms with Gasteiger partial charge in [-0.05, 0) is 37.1 Å². The predicted molar refractivity (Wildman–Crippen MR) is 79.4 cm³/mol. The van der Waals surface area contributed by atoms with Crippen molar-refractivity contribution >= 4 is 16.0 Å². The molecule has 21 heavy (non-hydrogen) atoms.